The van der Waals surface area contributed by atoms with E-state index in [1.54, 1.807) is 0 Å². The van der Waals surface area contributed by atoms with Gasteiger partial charge in [-0.2, -0.15) is 0 Å². The summed E-state index contributed by atoms with van der Waals surface area (Å²) in [5.74, 6) is 0.768. The van der Waals surface area contributed by atoms with Gasteiger partial charge in [-0.3, -0.25) is 4.79 Å². The molecular weight excluding hydrogens is 290 g/mol. The highest BCUT2D eigenvalue weighted by Crippen LogP contribution is 2.24. The Morgan fingerprint density at radius 2 is 1.91 bits per heavy atom. The number of anilines is 1. The third kappa shape index (κ3) is 5.87. The number of unbranched alkanes of at least 4 members (excludes halogenated alkanes) is 1. The van der Waals surface area contributed by atoms with Crippen LogP contribution < -0.4 is 10.1 Å². The number of amides is 1. The minimum Gasteiger partial charge on any atom is -0.493 e. The monoisotopic (exact) mass is 321 g/mol. The maximum Gasteiger partial charge on any atom is 0.256 e. The topological polar surface area (TPSA) is 47.6 Å². The van der Waals surface area contributed by atoms with Crippen LogP contribution in [0.5, 0.6) is 5.75 Å². The molecule has 4 nitrogen and oxygen atoms in total. The average molecular weight is 321 g/mol. The Morgan fingerprint density at radius 3 is 2.48 bits per heavy atom. The Labute approximate surface area is 140 Å². The Balaban J connectivity index is 2.72. The highest BCUT2D eigenvalue weighted by atomic mass is 16.5. The molecule has 0 radical (unpaired) electrons. The molecule has 23 heavy (non-hydrogen) atoms. The molecule has 0 fully saturated rings. The van der Waals surface area contributed by atoms with E-state index in [2.05, 4.69) is 12.2 Å². The van der Waals surface area contributed by atoms with Gasteiger partial charge in [0.15, 0.2) is 0 Å². The van der Waals surface area contributed by atoms with E-state index in [1.165, 1.54) is 0 Å². The summed E-state index contributed by atoms with van der Waals surface area (Å²) < 4.78 is 11.5. The Hall–Kier alpha value is -1.55. The first-order valence-electron chi connectivity index (χ1n) is 8.65. The predicted octanol–water partition coefficient (Wildman–Crippen LogP) is 4.71. The summed E-state index contributed by atoms with van der Waals surface area (Å²) in [5.41, 5.74) is 1.00. The fourth-order valence-electron chi connectivity index (χ4n) is 2.13. The summed E-state index contributed by atoms with van der Waals surface area (Å²) in [6.45, 7) is 11.3. The van der Waals surface area contributed by atoms with Gasteiger partial charge in [0.1, 0.15) is 11.4 Å². The molecule has 0 spiro atoms. The van der Waals surface area contributed by atoms with Crippen LogP contribution >= 0.6 is 0 Å². The van der Waals surface area contributed by atoms with Crippen molar-refractivity contribution in [1.29, 1.82) is 0 Å². The molecule has 0 aliphatic heterocycles. The van der Waals surface area contributed by atoms with E-state index in [9.17, 15) is 4.79 Å². The Kier molecular flexibility index (Phi) is 8.10. The van der Waals surface area contributed by atoms with Crippen LogP contribution in [0.2, 0.25) is 0 Å². The lowest BCUT2D eigenvalue weighted by Crippen LogP contribution is -2.42. The van der Waals surface area contributed by atoms with E-state index in [-0.39, 0.29) is 5.91 Å². The van der Waals surface area contributed by atoms with Crippen LogP contribution in [0, 0.1) is 6.92 Å². The van der Waals surface area contributed by atoms with Gasteiger partial charge in [0.2, 0.25) is 0 Å². The van der Waals surface area contributed by atoms with Gasteiger partial charge in [0.05, 0.1) is 6.61 Å². The molecule has 1 atom stereocenters. The van der Waals surface area contributed by atoms with Crippen molar-refractivity contribution in [3.63, 3.8) is 0 Å². The van der Waals surface area contributed by atoms with Crippen LogP contribution in [0.15, 0.2) is 18.2 Å². The number of nitrogens with one attached hydrogen (secondary N) is 1. The van der Waals surface area contributed by atoms with Crippen molar-refractivity contribution in [1.82, 2.24) is 0 Å². The van der Waals surface area contributed by atoms with Crippen LogP contribution in [-0.2, 0) is 9.53 Å². The Morgan fingerprint density at radius 1 is 1.17 bits per heavy atom. The molecule has 4 heteroatoms. The van der Waals surface area contributed by atoms with Gasteiger partial charge in [-0.25, -0.2) is 0 Å². The zero-order chi connectivity index (χ0) is 17.3. The predicted molar refractivity (Wildman–Crippen MR) is 95.2 cm³/mol. The van der Waals surface area contributed by atoms with E-state index < -0.39 is 5.60 Å². The van der Waals surface area contributed by atoms with Gasteiger partial charge in [-0.1, -0.05) is 27.2 Å². The first-order chi connectivity index (χ1) is 11.0. The number of carbonyl (C=O) groups is 1. The van der Waals surface area contributed by atoms with Crippen LogP contribution in [0.1, 0.15) is 58.9 Å². The summed E-state index contributed by atoms with van der Waals surface area (Å²) in [6, 6.07) is 5.73. The molecule has 130 valence electrons. The number of carbonyl (C=O) groups excluding carboxylic acids is 1. The molecule has 0 saturated heterocycles. The quantitative estimate of drug-likeness (QED) is 0.635. The number of hydrogen-bond acceptors (Lipinski definition) is 3. The van der Waals surface area contributed by atoms with E-state index in [0.717, 1.165) is 42.9 Å². The Bertz CT molecular complexity index is 501. The minimum atomic E-state index is -0.791. The first-order valence-corrected chi connectivity index (χ1v) is 8.65. The minimum absolute atomic E-state index is 0.104. The average Bonchev–Trinajstić information content (AvgIpc) is 2.54. The number of aryl methyl sites for hydroxylation is 1. The third-order valence-electron chi connectivity index (χ3n) is 3.97. The molecule has 1 amide bonds. The SMILES string of the molecule is CCCCOc1ccc(NC(=O)C(C)(CC)OCCC)cc1C. The number of rotatable bonds is 10. The van der Waals surface area contributed by atoms with E-state index in [4.69, 9.17) is 9.47 Å². The molecular formula is C19H31NO3. The van der Waals surface area contributed by atoms with Gasteiger partial charge in [-0.05, 0) is 56.9 Å². The fourth-order valence-corrected chi connectivity index (χ4v) is 2.13. The molecule has 1 aromatic carbocycles. The summed E-state index contributed by atoms with van der Waals surface area (Å²) in [6.07, 6.45) is 3.68. The summed E-state index contributed by atoms with van der Waals surface area (Å²) in [5, 5.41) is 2.96. The summed E-state index contributed by atoms with van der Waals surface area (Å²) in [7, 11) is 0. The molecule has 0 saturated carbocycles. The maximum atomic E-state index is 12.5. The summed E-state index contributed by atoms with van der Waals surface area (Å²) >= 11 is 0. The second kappa shape index (κ2) is 9.56. The maximum absolute atomic E-state index is 12.5. The lowest BCUT2D eigenvalue weighted by atomic mass is 10.0. The highest BCUT2D eigenvalue weighted by Gasteiger charge is 2.32. The molecule has 0 bridgehead atoms. The van der Waals surface area contributed by atoms with Crippen molar-refractivity contribution in [2.75, 3.05) is 18.5 Å². The molecule has 1 unspecified atom stereocenters. The standard InChI is InChI=1S/C19H31NO3/c1-6-9-13-22-17-11-10-16(14-15(17)4)20-18(21)19(5,8-3)23-12-7-2/h10-11,14H,6-9,12-13H2,1-5H3,(H,20,21). The van der Waals surface area contributed by atoms with Crippen molar-refractivity contribution in [3.05, 3.63) is 23.8 Å². The lowest BCUT2D eigenvalue weighted by molar-refractivity contribution is -0.139. The van der Waals surface area contributed by atoms with Crippen molar-refractivity contribution in [2.24, 2.45) is 0 Å². The van der Waals surface area contributed by atoms with E-state index in [1.807, 2.05) is 45.9 Å². The zero-order valence-corrected chi connectivity index (χ0v) is 15.2. The second-order valence-electron chi connectivity index (χ2n) is 6.07. The van der Waals surface area contributed by atoms with Gasteiger partial charge in [0, 0.05) is 12.3 Å². The van der Waals surface area contributed by atoms with Gasteiger partial charge >= 0.3 is 0 Å². The van der Waals surface area contributed by atoms with Gasteiger partial charge in [0.25, 0.3) is 5.91 Å². The molecule has 0 heterocycles. The lowest BCUT2D eigenvalue weighted by Gasteiger charge is -2.27. The molecule has 1 rings (SSSR count). The summed E-state index contributed by atoms with van der Waals surface area (Å²) in [4.78, 5) is 12.5. The van der Waals surface area contributed by atoms with Gasteiger partial charge in [-0.15, -0.1) is 0 Å². The van der Waals surface area contributed by atoms with Crippen molar-refractivity contribution >= 4 is 11.6 Å². The number of benzene rings is 1. The highest BCUT2D eigenvalue weighted by molar-refractivity contribution is 5.97. The smallest absolute Gasteiger partial charge is 0.256 e. The van der Waals surface area contributed by atoms with Crippen LogP contribution in [0.4, 0.5) is 5.69 Å². The molecule has 1 aromatic rings. The molecule has 0 aliphatic carbocycles. The van der Waals surface area contributed by atoms with Crippen LogP contribution in [0.25, 0.3) is 0 Å². The molecule has 0 aromatic heterocycles. The first kappa shape index (κ1) is 19.5. The van der Waals surface area contributed by atoms with Crippen molar-refractivity contribution < 1.29 is 14.3 Å². The normalized spacial score (nSPS) is 13.4. The van der Waals surface area contributed by atoms with E-state index >= 15 is 0 Å². The molecule has 0 aliphatic rings. The number of ether oxygens (including phenoxy) is 2. The largest absolute Gasteiger partial charge is 0.493 e. The second-order valence-corrected chi connectivity index (χ2v) is 6.07. The molecule has 1 N–H and O–H groups in total. The van der Waals surface area contributed by atoms with Crippen LogP contribution in [-0.4, -0.2) is 24.7 Å². The van der Waals surface area contributed by atoms with Crippen LogP contribution in [0.3, 0.4) is 0 Å². The number of hydrogen-bond donors (Lipinski definition) is 1. The van der Waals surface area contributed by atoms with E-state index in [0.29, 0.717) is 13.0 Å². The van der Waals surface area contributed by atoms with Crippen molar-refractivity contribution in [3.8, 4) is 5.75 Å². The van der Waals surface area contributed by atoms with Gasteiger partial charge < -0.3 is 14.8 Å². The zero-order valence-electron chi connectivity index (χ0n) is 15.2. The fraction of sp³-hybridized carbons (Fsp3) is 0.632. The van der Waals surface area contributed by atoms with Crippen molar-refractivity contribution in [2.45, 2.75) is 65.9 Å². The third-order valence-corrected chi connectivity index (χ3v) is 3.97.